The number of nitrogens with one attached hydrogen (secondary N) is 3. The quantitative estimate of drug-likeness (QED) is 0.495. The van der Waals surface area contributed by atoms with Crippen LogP contribution in [0.1, 0.15) is 42.7 Å². The van der Waals surface area contributed by atoms with Gasteiger partial charge < -0.3 is 25.8 Å². The third-order valence-corrected chi connectivity index (χ3v) is 6.18. The first-order chi connectivity index (χ1) is 16.4. The Balaban J connectivity index is 1.40. The van der Waals surface area contributed by atoms with E-state index in [0.29, 0.717) is 13.0 Å². The van der Waals surface area contributed by atoms with E-state index in [1.165, 1.54) is 0 Å². The minimum Gasteiger partial charge on any atom is -0.481 e. The second-order valence-corrected chi connectivity index (χ2v) is 8.47. The maximum absolute atomic E-state index is 12.7. The summed E-state index contributed by atoms with van der Waals surface area (Å²) in [5, 5.41) is 16.8. The van der Waals surface area contributed by atoms with E-state index in [4.69, 9.17) is 4.74 Å². The molecule has 1 saturated heterocycles. The highest BCUT2D eigenvalue weighted by Gasteiger charge is 2.31. The fourth-order valence-electron chi connectivity index (χ4n) is 4.52. The molecule has 4 rings (SSSR count). The van der Waals surface area contributed by atoms with E-state index >= 15 is 0 Å². The van der Waals surface area contributed by atoms with Crippen molar-refractivity contribution in [3.05, 3.63) is 59.7 Å². The first-order valence-electron chi connectivity index (χ1n) is 11.4. The van der Waals surface area contributed by atoms with Gasteiger partial charge in [-0.05, 0) is 41.5 Å². The molecule has 2 atom stereocenters. The average Bonchev–Trinajstić information content (AvgIpc) is 3.00. The number of carbonyl (C=O) groups is 4. The molecule has 0 aromatic heterocycles. The van der Waals surface area contributed by atoms with Crippen LogP contribution >= 0.6 is 0 Å². The van der Waals surface area contributed by atoms with E-state index in [1.54, 1.807) is 0 Å². The number of carbonyl (C=O) groups excluding carboxylic acids is 3. The minimum atomic E-state index is -1.37. The Kier molecular flexibility index (Phi) is 7.10. The molecule has 2 aromatic carbocycles. The van der Waals surface area contributed by atoms with E-state index < -0.39 is 36.5 Å². The first-order valence-corrected chi connectivity index (χ1v) is 11.4. The molecule has 2 aromatic rings. The third kappa shape index (κ3) is 5.19. The van der Waals surface area contributed by atoms with Gasteiger partial charge in [0.25, 0.3) is 0 Å². The lowest BCUT2D eigenvalue weighted by Gasteiger charge is -2.21. The van der Waals surface area contributed by atoms with Crippen LogP contribution in [-0.4, -0.2) is 54.2 Å². The standard InChI is InChI=1S/C25H27N3O6/c29-22(30)13-21(24(32)27-20-11-5-6-12-26-23(20)31)28-25(33)34-14-19-17-9-3-1-7-15(17)16-8-2-4-10-18(16)19/h1-4,7-10,19-21H,5-6,11-14H2,(H,26,31)(H,27,32)(H,28,33)(H,29,30). The smallest absolute Gasteiger partial charge is 0.407 e. The number of aliphatic carboxylic acids is 1. The zero-order valence-corrected chi connectivity index (χ0v) is 18.6. The van der Waals surface area contributed by atoms with Crippen molar-refractivity contribution in [2.45, 2.75) is 43.7 Å². The molecule has 4 N–H and O–H groups in total. The fourth-order valence-corrected chi connectivity index (χ4v) is 4.52. The number of ether oxygens (including phenoxy) is 1. The van der Waals surface area contributed by atoms with E-state index in [1.807, 2.05) is 48.5 Å². The van der Waals surface area contributed by atoms with Gasteiger partial charge >= 0.3 is 12.1 Å². The molecule has 2 aliphatic rings. The molecule has 0 saturated carbocycles. The van der Waals surface area contributed by atoms with Crippen molar-refractivity contribution in [3.63, 3.8) is 0 Å². The average molecular weight is 466 g/mol. The van der Waals surface area contributed by atoms with Crippen LogP contribution in [0.15, 0.2) is 48.5 Å². The van der Waals surface area contributed by atoms with Crippen LogP contribution in [0.5, 0.6) is 0 Å². The number of amides is 3. The number of carboxylic acid groups (broad SMARTS) is 1. The van der Waals surface area contributed by atoms with Gasteiger partial charge in [-0.2, -0.15) is 0 Å². The molecule has 0 spiro atoms. The fraction of sp³-hybridized carbons (Fsp3) is 0.360. The topological polar surface area (TPSA) is 134 Å². The Hall–Kier alpha value is -3.88. The van der Waals surface area contributed by atoms with Crippen molar-refractivity contribution in [1.82, 2.24) is 16.0 Å². The number of fused-ring (bicyclic) bond motifs is 3. The predicted molar refractivity (Wildman–Crippen MR) is 123 cm³/mol. The predicted octanol–water partition coefficient (Wildman–Crippen LogP) is 2.15. The highest BCUT2D eigenvalue weighted by Crippen LogP contribution is 2.44. The van der Waals surface area contributed by atoms with E-state index in [-0.39, 0.29) is 18.4 Å². The third-order valence-electron chi connectivity index (χ3n) is 6.18. The summed E-state index contributed by atoms with van der Waals surface area (Å²) in [7, 11) is 0. The number of rotatable bonds is 7. The molecule has 9 nitrogen and oxygen atoms in total. The molecule has 3 amide bonds. The monoisotopic (exact) mass is 465 g/mol. The van der Waals surface area contributed by atoms with Crippen molar-refractivity contribution in [1.29, 1.82) is 0 Å². The molecule has 34 heavy (non-hydrogen) atoms. The molecule has 0 radical (unpaired) electrons. The highest BCUT2D eigenvalue weighted by atomic mass is 16.5. The van der Waals surface area contributed by atoms with Gasteiger partial charge in [0.1, 0.15) is 18.7 Å². The molecule has 1 aliphatic carbocycles. The van der Waals surface area contributed by atoms with E-state index in [0.717, 1.165) is 35.1 Å². The van der Waals surface area contributed by atoms with Gasteiger partial charge in [-0.25, -0.2) is 4.79 Å². The van der Waals surface area contributed by atoms with Crippen molar-refractivity contribution in [3.8, 4) is 11.1 Å². The Morgan fingerprint density at radius 1 is 1.03 bits per heavy atom. The van der Waals surface area contributed by atoms with Crippen LogP contribution in [0.25, 0.3) is 11.1 Å². The number of alkyl carbamates (subject to hydrolysis) is 1. The zero-order valence-electron chi connectivity index (χ0n) is 18.6. The van der Waals surface area contributed by atoms with Gasteiger partial charge in [0.15, 0.2) is 0 Å². The Bertz CT molecular complexity index is 1060. The SMILES string of the molecule is O=C(O)CC(NC(=O)OCC1c2ccccc2-c2ccccc21)C(=O)NC1CCCCNC1=O. The van der Waals surface area contributed by atoms with Crippen molar-refractivity contribution in [2.75, 3.05) is 13.2 Å². The zero-order chi connectivity index (χ0) is 24.1. The number of benzene rings is 2. The summed E-state index contributed by atoms with van der Waals surface area (Å²) in [6.45, 7) is 0.564. The van der Waals surface area contributed by atoms with Crippen LogP contribution in [0.2, 0.25) is 0 Å². The molecule has 0 bridgehead atoms. The molecule has 1 fully saturated rings. The second kappa shape index (κ2) is 10.4. The second-order valence-electron chi connectivity index (χ2n) is 8.47. The lowest BCUT2D eigenvalue weighted by Crippen LogP contribution is -2.53. The first kappa shape index (κ1) is 23.3. The largest absolute Gasteiger partial charge is 0.481 e. The van der Waals surface area contributed by atoms with Crippen molar-refractivity contribution in [2.24, 2.45) is 0 Å². The Morgan fingerprint density at radius 3 is 2.32 bits per heavy atom. The van der Waals surface area contributed by atoms with Gasteiger partial charge in [0, 0.05) is 12.5 Å². The van der Waals surface area contributed by atoms with Gasteiger partial charge in [0.2, 0.25) is 11.8 Å². The van der Waals surface area contributed by atoms with E-state index in [2.05, 4.69) is 16.0 Å². The summed E-state index contributed by atoms with van der Waals surface area (Å²) in [5.74, 6) is -2.48. The van der Waals surface area contributed by atoms with Crippen LogP contribution in [0.4, 0.5) is 4.79 Å². The van der Waals surface area contributed by atoms with Crippen molar-refractivity contribution < 1.29 is 29.0 Å². The summed E-state index contributed by atoms with van der Waals surface area (Å²) in [5.41, 5.74) is 4.24. The molecular weight excluding hydrogens is 438 g/mol. The number of hydrogen-bond donors (Lipinski definition) is 4. The van der Waals surface area contributed by atoms with E-state index in [9.17, 15) is 24.3 Å². The van der Waals surface area contributed by atoms with Crippen LogP contribution in [0.3, 0.4) is 0 Å². The van der Waals surface area contributed by atoms with Gasteiger partial charge in [-0.1, -0.05) is 48.5 Å². The van der Waals surface area contributed by atoms with Crippen LogP contribution < -0.4 is 16.0 Å². The van der Waals surface area contributed by atoms with Gasteiger partial charge in [0.05, 0.1) is 6.42 Å². The van der Waals surface area contributed by atoms with Crippen molar-refractivity contribution >= 4 is 23.9 Å². The summed E-state index contributed by atoms with van der Waals surface area (Å²) in [4.78, 5) is 48.7. The summed E-state index contributed by atoms with van der Waals surface area (Å²) < 4.78 is 5.43. The summed E-state index contributed by atoms with van der Waals surface area (Å²) >= 11 is 0. The molecule has 2 unspecified atom stereocenters. The minimum absolute atomic E-state index is 0.0340. The Morgan fingerprint density at radius 2 is 1.68 bits per heavy atom. The van der Waals surface area contributed by atoms with Crippen LogP contribution in [0, 0.1) is 0 Å². The van der Waals surface area contributed by atoms with Gasteiger partial charge in [-0.15, -0.1) is 0 Å². The molecule has 1 aliphatic heterocycles. The highest BCUT2D eigenvalue weighted by molar-refractivity contribution is 5.93. The normalized spacial score (nSPS) is 18.0. The summed E-state index contributed by atoms with van der Waals surface area (Å²) in [6, 6.07) is 13.6. The molecular formula is C25H27N3O6. The van der Waals surface area contributed by atoms with Gasteiger partial charge in [-0.3, -0.25) is 14.4 Å². The lowest BCUT2D eigenvalue weighted by molar-refractivity contribution is -0.140. The lowest BCUT2D eigenvalue weighted by atomic mass is 9.98. The maximum atomic E-state index is 12.7. The number of hydrogen-bond acceptors (Lipinski definition) is 5. The maximum Gasteiger partial charge on any atom is 0.407 e. The molecule has 9 heteroatoms. The van der Waals surface area contributed by atoms with Crippen LogP contribution in [-0.2, 0) is 19.1 Å². The molecule has 178 valence electrons. The number of carboxylic acids is 1. The molecule has 1 heterocycles. The summed E-state index contributed by atoms with van der Waals surface area (Å²) in [6.07, 6.45) is 0.461. The Labute approximate surface area is 196 Å².